The first kappa shape index (κ1) is 12.6. The van der Waals surface area contributed by atoms with Crippen molar-refractivity contribution in [2.45, 2.75) is 18.9 Å². The van der Waals surface area contributed by atoms with Crippen molar-refractivity contribution in [3.05, 3.63) is 35.9 Å². The zero-order valence-corrected chi connectivity index (χ0v) is 10.3. The van der Waals surface area contributed by atoms with Crippen LogP contribution in [0, 0.1) is 5.92 Å². The van der Waals surface area contributed by atoms with Gasteiger partial charge in [-0.1, -0.05) is 30.3 Å². The topological polar surface area (TPSA) is 47.3 Å². The molecule has 3 nitrogen and oxygen atoms in total. The van der Waals surface area contributed by atoms with Crippen LogP contribution < -0.4 is 11.1 Å². The van der Waals surface area contributed by atoms with E-state index in [4.69, 9.17) is 10.5 Å². The van der Waals surface area contributed by atoms with Crippen molar-refractivity contribution in [1.29, 1.82) is 0 Å². The van der Waals surface area contributed by atoms with E-state index in [2.05, 4.69) is 29.6 Å². The Labute approximate surface area is 103 Å². The molecule has 1 saturated heterocycles. The van der Waals surface area contributed by atoms with Gasteiger partial charge in [-0.05, 0) is 24.3 Å². The Hall–Kier alpha value is -0.900. The number of benzene rings is 1. The Morgan fingerprint density at radius 1 is 1.35 bits per heavy atom. The quantitative estimate of drug-likeness (QED) is 0.777. The normalized spacial score (nSPS) is 21.6. The van der Waals surface area contributed by atoms with Crippen LogP contribution in [0.4, 0.5) is 0 Å². The van der Waals surface area contributed by atoms with Gasteiger partial charge in [0, 0.05) is 25.7 Å². The van der Waals surface area contributed by atoms with Gasteiger partial charge in [-0.3, -0.25) is 0 Å². The van der Waals surface area contributed by atoms with E-state index < -0.39 is 0 Å². The van der Waals surface area contributed by atoms with Crippen LogP contribution in [-0.2, 0) is 11.2 Å². The summed E-state index contributed by atoms with van der Waals surface area (Å²) in [6.07, 6.45) is 2.12. The maximum Gasteiger partial charge on any atom is 0.0507 e. The predicted molar refractivity (Wildman–Crippen MR) is 69.9 cm³/mol. The molecule has 1 heterocycles. The van der Waals surface area contributed by atoms with Gasteiger partial charge in [0.1, 0.15) is 0 Å². The third-order valence-electron chi connectivity index (χ3n) is 3.20. The summed E-state index contributed by atoms with van der Waals surface area (Å²) in [5.41, 5.74) is 7.41. The summed E-state index contributed by atoms with van der Waals surface area (Å²) in [6, 6.07) is 10.6. The van der Waals surface area contributed by atoms with Crippen LogP contribution in [0.5, 0.6) is 0 Å². The summed E-state index contributed by atoms with van der Waals surface area (Å²) in [5, 5.41) is 3.44. The first-order chi connectivity index (χ1) is 8.34. The van der Waals surface area contributed by atoms with E-state index in [1.54, 1.807) is 0 Å². The Morgan fingerprint density at radius 2 is 2.18 bits per heavy atom. The molecule has 2 rings (SSSR count). The molecule has 94 valence electrons. The molecule has 0 amide bonds. The van der Waals surface area contributed by atoms with Crippen LogP contribution in [-0.4, -0.2) is 32.3 Å². The van der Waals surface area contributed by atoms with E-state index >= 15 is 0 Å². The van der Waals surface area contributed by atoms with Gasteiger partial charge >= 0.3 is 0 Å². The van der Waals surface area contributed by atoms with Gasteiger partial charge in [-0.2, -0.15) is 0 Å². The summed E-state index contributed by atoms with van der Waals surface area (Å²) in [6.45, 7) is 3.73. The SMILES string of the molecule is NC(CNCC1CCOC1)Cc1ccccc1. The number of hydrogen-bond donors (Lipinski definition) is 2. The van der Waals surface area contributed by atoms with E-state index in [9.17, 15) is 0 Å². The highest BCUT2D eigenvalue weighted by Gasteiger charge is 2.15. The highest BCUT2D eigenvalue weighted by molar-refractivity contribution is 5.15. The summed E-state index contributed by atoms with van der Waals surface area (Å²) < 4.78 is 5.34. The summed E-state index contributed by atoms with van der Waals surface area (Å²) in [7, 11) is 0. The van der Waals surface area contributed by atoms with E-state index in [0.29, 0.717) is 5.92 Å². The minimum absolute atomic E-state index is 0.194. The zero-order valence-electron chi connectivity index (χ0n) is 10.3. The van der Waals surface area contributed by atoms with Crippen LogP contribution in [0.1, 0.15) is 12.0 Å². The number of hydrogen-bond acceptors (Lipinski definition) is 3. The van der Waals surface area contributed by atoms with E-state index in [1.807, 2.05) is 6.07 Å². The third-order valence-corrected chi connectivity index (χ3v) is 3.20. The number of nitrogens with two attached hydrogens (primary N) is 1. The summed E-state index contributed by atoms with van der Waals surface area (Å²) in [4.78, 5) is 0. The molecule has 2 atom stereocenters. The minimum Gasteiger partial charge on any atom is -0.381 e. The molecule has 0 aliphatic carbocycles. The maximum absolute atomic E-state index is 6.10. The second-order valence-electron chi connectivity index (χ2n) is 4.84. The van der Waals surface area contributed by atoms with Crippen LogP contribution in [0.15, 0.2) is 30.3 Å². The molecule has 3 N–H and O–H groups in total. The second-order valence-corrected chi connectivity index (χ2v) is 4.84. The van der Waals surface area contributed by atoms with Crippen molar-refractivity contribution in [1.82, 2.24) is 5.32 Å². The molecule has 0 saturated carbocycles. The largest absolute Gasteiger partial charge is 0.381 e. The Morgan fingerprint density at radius 3 is 2.88 bits per heavy atom. The molecule has 0 spiro atoms. The smallest absolute Gasteiger partial charge is 0.0507 e. The van der Waals surface area contributed by atoms with Gasteiger partial charge in [0.2, 0.25) is 0 Å². The minimum atomic E-state index is 0.194. The molecular weight excluding hydrogens is 212 g/mol. The van der Waals surface area contributed by atoms with Crippen molar-refractivity contribution in [3.8, 4) is 0 Å². The van der Waals surface area contributed by atoms with Gasteiger partial charge < -0.3 is 15.8 Å². The van der Waals surface area contributed by atoms with Crippen molar-refractivity contribution >= 4 is 0 Å². The maximum atomic E-state index is 6.10. The van der Waals surface area contributed by atoms with Crippen molar-refractivity contribution in [2.24, 2.45) is 11.7 Å². The Bertz CT molecular complexity index is 309. The van der Waals surface area contributed by atoms with Crippen LogP contribution in [0.2, 0.25) is 0 Å². The molecule has 1 aliphatic rings. The molecule has 1 aliphatic heterocycles. The molecule has 3 heteroatoms. The molecule has 0 aromatic heterocycles. The lowest BCUT2D eigenvalue weighted by atomic mass is 10.1. The third kappa shape index (κ3) is 4.46. The number of rotatable bonds is 6. The molecule has 1 fully saturated rings. The lowest BCUT2D eigenvalue weighted by Gasteiger charge is -2.14. The van der Waals surface area contributed by atoms with Gasteiger partial charge in [-0.25, -0.2) is 0 Å². The molecule has 1 aromatic carbocycles. The van der Waals surface area contributed by atoms with E-state index in [-0.39, 0.29) is 6.04 Å². The molecule has 1 aromatic rings. The fraction of sp³-hybridized carbons (Fsp3) is 0.571. The van der Waals surface area contributed by atoms with E-state index in [0.717, 1.165) is 32.7 Å². The number of ether oxygens (including phenoxy) is 1. The fourth-order valence-electron chi connectivity index (χ4n) is 2.21. The van der Waals surface area contributed by atoms with Crippen LogP contribution in [0.3, 0.4) is 0 Å². The lowest BCUT2D eigenvalue weighted by molar-refractivity contribution is 0.185. The standard InChI is InChI=1S/C14H22N2O/c15-14(8-12-4-2-1-3-5-12)10-16-9-13-6-7-17-11-13/h1-5,13-14,16H,6-11,15H2. The van der Waals surface area contributed by atoms with Gasteiger partial charge in [0.25, 0.3) is 0 Å². The highest BCUT2D eigenvalue weighted by Crippen LogP contribution is 2.10. The average Bonchev–Trinajstić information content (AvgIpc) is 2.83. The lowest BCUT2D eigenvalue weighted by Crippen LogP contribution is -2.37. The monoisotopic (exact) mass is 234 g/mol. The summed E-state index contributed by atoms with van der Waals surface area (Å²) in [5.74, 6) is 0.680. The van der Waals surface area contributed by atoms with Crippen LogP contribution in [0.25, 0.3) is 0 Å². The zero-order chi connectivity index (χ0) is 11.9. The first-order valence-corrected chi connectivity index (χ1v) is 6.42. The highest BCUT2D eigenvalue weighted by atomic mass is 16.5. The van der Waals surface area contributed by atoms with Gasteiger partial charge in [-0.15, -0.1) is 0 Å². The molecule has 2 unspecified atom stereocenters. The Balaban J connectivity index is 1.62. The van der Waals surface area contributed by atoms with Crippen molar-refractivity contribution < 1.29 is 4.74 Å². The first-order valence-electron chi connectivity index (χ1n) is 6.42. The van der Waals surface area contributed by atoms with Gasteiger partial charge in [0.15, 0.2) is 0 Å². The molecule has 0 bridgehead atoms. The van der Waals surface area contributed by atoms with Crippen molar-refractivity contribution in [3.63, 3.8) is 0 Å². The van der Waals surface area contributed by atoms with E-state index in [1.165, 1.54) is 12.0 Å². The second kappa shape index (κ2) is 6.74. The number of nitrogens with one attached hydrogen (secondary N) is 1. The molecule has 17 heavy (non-hydrogen) atoms. The fourth-order valence-corrected chi connectivity index (χ4v) is 2.21. The van der Waals surface area contributed by atoms with Gasteiger partial charge in [0.05, 0.1) is 6.61 Å². The average molecular weight is 234 g/mol. The molecule has 0 radical (unpaired) electrons. The molecular formula is C14H22N2O. The Kier molecular flexibility index (Phi) is 4.98. The summed E-state index contributed by atoms with van der Waals surface area (Å²) >= 11 is 0. The van der Waals surface area contributed by atoms with Crippen LogP contribution >= 0.6 is 0 Å². The van der Waals surface area contributed by atoms with Crippen molar-refractivity contribution in [2.75, 3.05) is 26.3 Å². The predicted octanol–water partition coefficient (Wildman–Crippen LogP) is 1.18.